The third-order valence-electron chi connectivity index (χ3n) is 2.46. The van der Waals surface area contributed by atoms with Crippen LogP contribution in [0.25, 0.3) is 0 Å². The molecule has 0 unspecified atom stereocenters. The molecule has 1 aromatic carbocycles. The summed E-state index contributed by atoms with van der Waals surface area (Å²) in [4.78, 5) is 0. The van der Waals surface area contributed by atoms with Crippen molar-refractivity contribution in [3.63, 3.8) is 0 Å². The molecule has 3 nitrogen and oxygen atoms in total. The van der Waals surface area contributed by atoms with Gasteiger partial charge in [0.15, 0.2) is 11.5 Å². The lowest BCUT2D eigenvalue weighted by molar-refractivity contribution is 0.272. The van der Waals surface area contributed by atoms with E-state index in [4.69, 9.17) is 9.47 Å². The van der Waals surface area contributed by atoms with Crippen LogP contribution in [-0.4, -0.2) is 26.3 Å². The average Bonchev–Trinajstić information content (AvgIpc) is 2.35. The molecular formula is C15H25NO2. The van der Waals surface area contributed by atoms with Crippen molar-refractivity contribution in [2.45, 2.75) is 27.2 Å². The lowest BCUT2D eigenvalue weighted by Gasteiger charge is -2.12. The van der Waals surface area contributed by atoms with E-state index in [0.717, 1.165) is 37.6 Å². The Morgan fingerprint density at radius 3 is 2.39 bits per heavy atom. The lowest BCUT2D eigenvalue weighted by Crippen LogP contribution is -2.22. The van der Waals surface area contributed by atoms with E-state index in [1.54, 1.807) is 0 Å². The van der Waals surface area contributed by atoms with Crippen molar-refractivity contribution in [3.8, 4) is 11.5 Å². The van der Waals surface area contributed by atoms with Crippen LogP contribution in [0.5, 0.6) is 11.5 Å². The molecule has 0 aliphatic rings. The van der Waals surface area contributed by atoms with Gasteiger partial charge in [0.1, 0.15) is 0 Å². The first-order valence-electron chi connectivity index (χ1n) is 6.79. The van der Waals surface area contributed by atoms with Crippen molar-refractivity contribution in [3.05, 3.63) is 24.3 Å². The molecule has 0 spiro atoms. The Bertz CT molecular complexity index is 326. The summed E-state index contributed by atoms with van der Waals surface area (Å²) in [5, 5.41) is 3.40. The quantitative estimate of drug-likeness (QED) is 0.684. The molecule has 102 valence electrons. The highest BCUT2D eigenvalue weighted by Crippen LogP contribution is 2.26. The first-order valence-corrected chi connectivity index (χ1v) is 6.79. The molecule has 0 heterocycles. The normalized spacial score (nSPS) is 10.7. The second-order valence-corrected chi connectivity index (χ2v) is 4.68. The maximum Gasteiger partial charge on any atom is 0.161 e. The van der Waals surface area contributed by atoms with Crippen LogP contribution >= 0.6 is 0 Å². The van der Waals surface area contributed by atoms with E-state index in [2.05, 4.69) is 19.2 Å². The molecule has 0 amide bonds. The summed E-state index contributed by atoms with van der Waals surface area (Å²) in [6.07, 6.45) is 1.01. The number of benzene rings is 1. The second kappa shape index (κ2) is 8.81. The molecule has 1 rings (SSSR count). The van der Waals surface area contributed by atoms with Crippen molar-refractivity contribution in [2.75, 3.05) is 26.3 Å². The van der Waals surface area contributed by atoms with E-state index in [-0.39, 0.29) is 0 Å². The molecule has 0 fully saturated rings. The Balaban J connectivity index is 2.22. The summed E-state index contributed by atoms with van der Waals surface area (Å²) in [7, 11) is 0. The van der Waals surface area contributed by atoms with E-state index >= 15 is 0 Å². The zero-order valence-electron chi connectivity index (χ0n) is 11.7. The van der Waals surface area contributed by atoms with Crippen LogP contribution in [-0.2, 0) is 0 Å². The zero-order valence-corrected chi connectivity index (χ0v) is 11.7. The average molecular weight is 251 g/mol. The topological polar surface area (TPSA) is 30.5 Å². The highest BCUT2D eigenvalue weighted by molar-refractivity contribution is 5.39. The van der Waals surface area contributed by atoms with Gasteiger partial charge in [-0.3, -0.25) is 0 Å². The number of rotatable bonds is 9. The first-order chi connectivity index (χ1) is 8.74. The van der Waals surface area contributed by atoms with Crippen LogP contribution in [0.4, 0.5) is 0 Å². The third kappa shape index (κ3) is 5.92. The van der Waals surface area contributed by atoms with Gasteiger partial charge in [0.2, 0.25) is 0 Å². The number of hydrogen-bond acceptors (Lipinski definition) is 3. The van der Waals surface area contributed by atoms with E-state index < -0.39 is 0 Å². The highest BCUT2D eigenvalue weighted by Gasteiger charge is 2.02. The van der Waals surface area contributed by atoms with E-state index in [1.807, 2.05) is 31.2 Å². The summed E-state index contributed by atoms with van der Waals surface area (Å²) in [5.41, 5.74) is 0. The van der Waals surface area contributed by atoms with Gasteiger partial charge < -0.3 is 14.8 Å². The zero-order chi connectivity index (χ0) is 13.2. The van der Waals surface area contributed by atoms with Crippen LogP contribution in [0.1, 0.15) is 27.2 Å². The SMILES string of the molecule is CCOc1ccccc1OCCCNCC(C)C. The van der Waals surface area contributed by atoms with E-state index in [0.29, 0.717) is 12.5 Å². The molecule has 0 aliphatic heterocycles. The van der Waals surface area contributed by atoms with Crippen LogP contribution in [0.3, 0.4) is 0 Å². The van der Waals surface area contributed by atoms with Crippen LogP contribution in [0, 0.1) is 5.92 Å². The summed E-state index contributed by atoms with van der Waals surface area (Å²) in [5.74, 6) is 2.36. The van der Waals surface area contributed by atoms with Gasteiger partial charge in [-0.1, -0.05) is 26.0 Å². The summed E-state index contributed by atoms with van der Waals surface area (Å²) < 4.78 is 11.2. The molecule has 0 saturated carbocycles. The molecule has 3 heteroatoms. The van der Waals surface area contributed by atoms with Crippen LogP contribution in [0.15, 0.2) is 24.3 Å². The van der Waals surface area contributed by atoms with Gasteiger partial charge >= 0.3 is 0 Å². The summed E-state index contributed by atoms with van der Waals surface area (Å²) in [6.45, 7) is 9.84. The Labute approximate surface area is 110 Å². The molecule has 0 radical (unpaired) electrons. The van der Waals surface area contributed by atoms with Gasteiger partial charge in [0.05, 0.1) is 13.2 Å². The number of hydrogen-bond donors (Lipinski definition) is 1. The fraction of sp³-hybridized carbons (Fsp3) is 0.600. The van der Waals surface area contributed by atoms with Crippen LogP contribution < -0.4 is 14.8 Å². The Hall–Kier alpha value is -1.22. The van der Waals surface area contributed by atoms with Crippen molar-refractivity contribution in [2.24, 2.45) is 5.92 Å². The monoisotopic (exact) mass is 251 g/mol. The minimum Gasteiger partial charge on any atom is -0.490 e. The Kier molecular flexibility index (Phi) is 7.26. The van der Waals surface area contributed by atoms with Crippen molar-refractivity contribution in [1.29, 1.82) is 0 Å². The van der Waals surface area contributed by atoms with Gasteiger partial charge in [-0.05, 0) is 44.5 Å². The van der Waals surface area contributed by atoms with Gasteiger partial charge in [0, 0.05) is 0 Å². The summed E-state index contributed by atoms with van der Waals surface area (Å²) >= 11 is 0. The van der Waals surface area contributed by atoms with Crippen LogP contribution in [0.2, 0.25) is 0 Å². The molecule has 1 aromatic rings. The smallest absolute Gasteiger partial charge is 0.161 e. The van der Waals surface area contributed by atoms with Crippen molar-refractivity contribution < 1.29 is 9.47 Å². The Morgan fingerprint density at radius 1 is 1.11 bits per heavy atom. The van der Waals surface area contributed by atoms with Gasteiger partial charge in [-0.25, -0.2) is 0 Å². The largest absolute Gasteiger partial charge is 0.490 e. The highest BCUT2D eigenvalue weighted by atomic mass is 16.5. The Morgan fingerprint density at radius 2 is 1.78 bits per heavy atom. The van der Waals surface area contributed by atoms with Gasteiger partial charge in [0.25, 0.3) is 0 Å². The maximum atomic E-state index is 5.73. The van der Waals surface area contributed by atoms with Crippen molar-refractivity contribution in [1.82, 2.24) is 5.32 Å². The predicted octanol–water partition coefficient (Wildman–Crippen LogP) is 3.10. The molecule has 0 saturated heterocycles. The predicted molar refractivity (Wildman–Crippen MR) is 75.4 cm³/mol. The standard InChI is InChI=1S/C15H25NO2/c1-4-17-14-8-5-6-9-15(14)18-11-7-10-16-12-13(2)3/h5-6,8-9,13,16H,4,7,10-12H2,1-3H3. The minimum absolute atomic E-state index is 0.663. The molecule has 0 aliphatic carbocycles. The molecule has 0 bridgehead atoms. The third-order valence-corrected chi connectivity index (χ3v) is 2.46. The number of ether oxygens (including phenoxy) is 2. The molecular weight excluding hydrogens is 226 g/mol. The minimum atomic E-state index is 0.663. The number of nitrogens with one attached hydrogen (secondary N) is 1. The molecule has 0 aromatic heterocycles. The molecule has 1 N–H and O–H groups in total. The molecule has 18 heavy (non-hydrogen) atoms. The van der Waals surface area contributed by atoms with E-state index in [9.17, 15) is 0 Å². The summed E-state index contributed by atoms with van der Waals surface area (Å²) in [6, 6.07) is 7.82. The fourth-order valence-electron chi connectivity index (χ4n) is 1.61. The number of para-hydroxylation sites is 2. The van der Waals surface area contributed by atoms with Gasteiger partial charge in [-0.15, -0.1) is 0 Å². The molecule has 0 atom stereocenters. The van der Waals surface area contributed by atoms with Crippen molar-refractivity contribution >= 4 is 0 Å². The van der Waals surface area contributed by atoms with E-state index in [1.165, 1.54) is 0 Å². The van der Waals surface area contributed by atoms with Gasteiger partial charge in [-0.2, -0.15) is 0 Å². The first kappa shape index (κ1) is 14.8. The maximum absolute atomic E-state index is 5.73. The second-order valence-electron chi connectivity index (χ2n) is 4.68. The fourth-order valence-corrected chi connectivity index (χ4v) is 1.61. The lowest BCUT2D eigenvalue weighted by atomic mass is 10.2.